The van der Waals surface area contributed by atoms with Crippen LogP contribution < -0.4 is 11.1 Å². The van der Waals surface area contributed by atoms with Gasteiger partial charge in [-0.25, -0.2) is 9.97 Å². The van der Waals surface area contributed by atoms with Gasteiger partial charge in [0, 0.05) is 13.2 Å². The number of hydrogen-bond acceptors (Lipinski definition) is 5. The zero-order chi connectivity index (χ0) is 12.1. The first-order valence-electron chi connectivity index (χ1n) is 5.69. The molecule has 1 aromatic rings. The van der Waals surface area contributed by atoms with Crippen molar-refractivity contribution in [2.45, 2.75) is 12.8 Å². The molecule has 1 amide bonds. The van der Waals surface area contributed by atoms with E-state index in [0.717, 1.165) is 19.4 Å². The van der Waals surface area contributed by atoms with Gasteiger partial charge in [0.15, 0.2) is 0 Å². The minimum absolute atomic E-state index is 0.219. The molecule has 0 aliphatic carbocycles. The zero-order valence-electron chi connectivity index (χ0n) is 9.56. The highest BCUT2D eigenvalue weighted by atomic mass is 16.5. The second kappa shape index (κ2) is 5.58. The number of carbonyl (C=O) groups is 1. The highest BCUT2D eigenvalue weighted by molar-refractivity contribution is 5.91. The van der Waals surface area contributed by atoms with Crippen LogP contribution in [0.1, 0.15) is 23.3 Å². The molecule has 1 aliphatic rings. The average molecular weight is 236 g/mol. The van der Waals surface area contributed by atoms with E-state index >= 15 is 0 Å². The van der Waals surface area contributed by atoms with Crippen LogP contribution in [0.3, 0.4) is 0 Å². The van der Waals surface area contributed by atoms with Gasteiger partial charge in [0.1, 0.15) is 11.5 Å². The number of aromatic nitrogens is 2. The van der Waals surface area contributed by atoms with Crippen molar-refractivity contribution in [1.29, 1.82) is 0 Å². The summed E-state index contributed by atoms with van der Waals surface area (Å²) >= 11 is 0. The van der Waals surface area contributed by atoms with Crippen LogP contribution in [-0.4, -0.2) is 35.6 Å². The molecule has 92 valence electrons. The van der Waals surface area contributed by atoms with Gasteiger partial charge in [-0.1, -0.05) is 0 Å². The number of ether oxygens (including phenoxy) is 1. The summed E-state index contributed by atoms with van der Waals surface area (Å²) in [6, 6.07) is 0. The molecule has 2 heterocycles. The van der Waals surface area contributed by atoms with Crippen molar-refractivity contribution < 1.29 is 9.53 Å². The first kappa shape index (κ1) is 11.8. The number of carbonyl (C=O) groups excluding carboxylic acids is 1. The molecule has 6 nitrogen and oxygen atoms in total. The monoisotopic (exact) mass is 236 g/mol. The minimum atomic E-state index is -0.219. The standard InChI is InChI=1S/C11H16N4O2/c12-10-6-13-9(5-14-10)11(16)15-4-8-2-1-3-17-7-8/h5-6,8H,1-4,7H2,(H2,12,14)(H,15,16). The van der Waals surface area contributed by atoms with Gasteiger partial charge >= 0.3 is 0 Å². The molecule has 1 atom stereocenters. The normalized spacial score (nSPS) is 19.9. The average Bonchev–Trinajstić information content (AvgIpc) is 2.38. The number of nitrogens with two attached hydrogens (primary N) is 1. The van der Waals surface area contributed by atoms with E-state index in [0.29, 0.717) is 24.9 Å². The van der Waals surface area contributed by atoms with Crippen molar-refractivity contribution in [3.8, 4) is 0 Å². The predicted molar refractivity (Wildman–Crippen MR) is 62.3 cm³/mol. The highest BCUT2D eigenvalue weighted by Gasteiger charge is 2.15. The van der Waals surface area contributed by atoms with E-state index in [4.69, 9.17) is 10.5 Å². The van der Waals surface area contributed by atoms with Gasteiger partial charge in [-0.05, 0) is 18.8 Å². The second-order valence-corrected chi connectivity index (χ2v) is 4.12. The second-order valence-electron chi connectivity index (χ2n) is 4.12. The maximum Gasteiger partial charge on any atom is 0.271 e. The van der Waals surface area contributed by atoms with Crippen molar-refractivity contribution in [3.63, 3.8) is 0 Å². The number of nitrogens with one attached hydrogen (secondary N) is 1. The summed E-state index contributed by atoms with van der Waals surface area (Å²) in [5, 5.41) is 2.83. The minimum Gasteiger partial charge on any atom is -0.382 e. The molecule has 0 radical (unpaired) electrons. The van der Waals surface area contributed by atoms with E-state index in [-0.39, 0.29) is 11.6 Å². The molecule has 6 heteroatoms. The molecule has 2 rings (SSSR count). The maximum atomic E-state index is 11.7. The molecule has 0 bridgehead atoms. The SMILES string of the molecule is Nc1cnc(C(=O)NCC2CCCOC2)cn1. The van der Waals surface area contributed by atoms with Crippen LogP contribution in [0.4, 0.5) is 5.82 Å². The number of nitrogen functional groups attached to an aromatic ring is 1. The molecule has 0 spiro atoms. The Labute approximate surface area is 99.6 Å². The Balaban J connectivity index is 1.82. The van der Waals surface area contributed by atoms with Crippen LogP contribution in [-0.2, 0) is 4.74 Å². The van der Waals surface area contributed by atoms with Gasteiger partial charge < -0.3 is 15.8 Å². The molecule has 1 aliphatic heterocycles. The van der Waals surface area contributed by atoms with E-state index in [1.165, 1.54) is 12.4 Å². The summed E-state index contributed by atoms with van der Waals surface area (Å²) in [7, 11) is 0. The fraction of sp³-hybridized carbons (Fsp3) is 0.545. The summed E-state index contributed by atoms with van der Waals surface area (Å²) in [5.74, 6) is 0.486. The Kier molecular flexibility index (Phi) is 3.87. The third-order valence-corrected chi connectivity index (χ3v) is 2.71. The summed E-state index contributed by atoms with van der Waals surface area (Å²) in [4.78, 5) is 19.4. The molecule has 1 unspecified atom stereocenters. The van der Waals surface area contributed by atoms with Crippen LogP contribution in [0.2, 0.25) is 0 Å². The molecular weight excluding hydrogens is 220 g/mol. The lowest BCUT2D eigenvalue weighted by Gasteiger charge is -2.21. The van der Waals surface area contributed by atoms with E-state index in [1.807, 2.05) is 0 Å². The number of anilines is 1. The van der Waals surface area contributed by atoms with Crippen LogP contribution >= 0.6 is 0 Å². The largest absolute Gasteiger partial charge is 0.382 e. The van der Waals surface area contributed by atoms with Gasteiger partial charge in [0.05, 0.1) is 19.0 Å². The Morgan fingerprint density at radius 3 is 3.06 bits per heavy atom. The molecule has 1 aromatic heterocycles. The zero-order valence-corrected chi connectivity index (χ0v) is 9.56. The topological polar surface area (TPSA) is 90.1 Å². The lowest BCUT2D eigenvalue weighted by Crippen LogP contribution is -2.33. The summed E-state index contributed by atoms with van der Waals surface area (Å²) in [6.07, 6.45) is 4.90. The number of rotatable bonds is 3. The lowest BCUT2D eigenvalue weighted by atomic mass is 10.0. The third kappa shape index (κ3) is 3.39. The van der Waals surface area contributed by atoms with Crippen molar-refractivity contribution in [1.82, 2.24) is 15.3 Å². The van der Waals surface area contributed by atoms with E-state index in [2.05, 4.69) is 15.3 Å². The smallest absolute Gasteiger partial charge is 0.271 e. The van der Waals surface area contributed by atoms with Gasteiger partial charge in [-0.15, -0.1) is 0 Å². The van der Waals surface area contributed by atoms with Crippen LogP contribution in [0.5, 0.6) is 0 Å². The fourth-order valence-electron chi connectivity index (χ4n) is 1.75. The molecule has 3 N–H and O–H groups in total. The van der Waals surface area contributed by atoms with Gasteiger partial charge in [0.2, 0.25) is 0 Å². The van der Waals surface area contributed by atoms with Crippen LogP contribution in [0, 0.1) is 5.92 Å². The Bertz CT molecular complexity index is 374. The number of nitrogens with zero attached hydrogens (tertiary/aromatic N) is 2. The summed E-state index contributed by atoms with van der Waals surface area (Å²) < 4.78 is 5.34. The van der Waals surface area contributed by atoms with Gasteiger partial charge in [0.25, 0.3) is 5.91 Å². The van der Waals surface area contributed by atoms with E-state index in [9.17, 15) is 4.79 Å². The predicted octanol–water partition coefficient (Wildman–Crippen LogP) is 0.215. The summed E-state index contributed by atoms with van der Waals surface area (Å²) in [6.45, 7) is 2.16. The van der Waals surface area contributed by atoms with Crippen molar-refractivity contribution >= 4 is 11.7 Å². The van der Waals surface area contributed by atoms with Crippen LogP contribution in [0.15, 0.2) is 12.4 Å². The molecule has 1 fully saturated rings. The van der Waals surface area contributed by atoms with Crippen molar-refractivity contribution in [2.24, 2.45) is 5.92 Å². The number of hydrogen-bond donors (Lipinski definition) is 2. The van der Waals surface area contributed by atoms with Gasteiger partial charge in [-0.3, -0.25) is 4.79 Å². The molecule has 17 heavy (non-hydrogen) atoms. The van der Waals surface area contributed by atoms with Crippen molar-refractivity contribution in [2.75, 3.05) is 25.5 Å². The third-order valence-electron chi connectivity index (χ3n) is 2.71. The Hall–Kier alpha value is -1.69. The highest BCUT2D eigenvalue weighted by Crippen LogP contribution is 2.12. The fourth-order valence-corrected chi connectivity index (χ4v) is 1.75. The Morgan fingerprint density at radius 1 is 1.53 bits per heavy atom. The molecule has 0 aromatic carbocycles. The molecule has 0 saturated carbocycles. The first-order chi connectivity index (χ1) is 8.25. The van der Waals surface area contributed by atoms with E-state index < -0.39 is 0 Å². The maximum absolute atomic E-state index is 11.7. The Morgan fingerprint density at radius 2 is 2.41 bits per heavy atom. The lowest BCUT2D eigenvalue weighted by molar-refractivity contribution is 0.0535. The first-order valence-corrected chi connectivity index (χ1v) is 5.69. The summed E-state index contributed by atoms with van der Waals surface area (Å²) in [5.41, 5.74) is 5.68. The quantitative estimate of drug-likeness (QED) is 0.783. The van der Waals surface area contributed by atoms with Crippen molar-refractivity contribution in [3.05, 3.63) is 18.1 Å². The van der Waals surface area contributed by atoms with E-state index in [1.54, 1.807) is 0 Å². The molecule has 1 saturated heterocycles. The van der Waals surface area contributed by atoms with Gasteiger partial charge in [-0.2, -0.15) is 0 Å². The molecular formula is C11H16N4O2. The number of amides is 1. The van der Waals surface area contributed by atoms with Crippen LogP contribution in [0.25, 0.3) is 0 Å².